The van der Waals surface area contributed by atoms with Gasteiger partial charge in [-0.1, -0.05) is 6.92 Å². The van der Waals surface area contributed by atoms with Crippen molar-refractivity contribution >= 4 is 11.9 Å². The first-order valence-electron chi connectivity index (χ1n) is 5.92. The van der Waals surface area contributed by atoms with Gasteiger partial charge in [0.05, 0.1) is 5.69 Å². The predicted molar refractivity (Wildman–Crippen MR) is 68.8 cm³/mol. The Morgan fingerprint density at radius 2 is 2.26 bits per heavy atom. The zero-order chi connectivity index (χ0) is 13.2. The van der Waals surface area contributed by atoms with Crippen LogP contribution in [0.15, 0.2) is 30.9 Å². The fraction of sp³-hybridized carbons (Fsp3) is 0.154. The van der Waals surface area contributed by atoms with E-state index in [0.29, 0.717) is 6.29 Å². The third-order valence-electron chi connectivity index (χ3n) is 2.93. The maximum absolute atomic E-state index is 10.8. The standard InChI is InChI=1S/C13H11N5O/c1-2-9-5-14-11(7-19)16-13(9)10-3-4-12-17-15-8-18(12)6-10/h3-8H,2H2,1H3. The maximum atomic E-state index is 10.8. The van der Waals surface area contributed by atoms with Crippen LogP contribution in [0.2, 0.25) is 0 Å². The van der Waals surface area contributed by atoms with Crippen molar-refractivity contribution in [3.05, 3.63) is 42.2 Å². The summed E-state index contributed by atoms with van der Waals surface area (Å²) in [5.74, 6) is 0.191. The van der Waals surface area contributed by atoms with Crippen LogP contribution >= 0.6 is 0 Å². The molecule has 0 unspecified atom stereocenters. The van der Waals surface area contributed by atoms with E-state index < -0.39 is 0 Å². The molecule has 3 heterocycles. The fourth-order valence-electron chi connectivity index (χ4n) is 1.95. The van der Waals surface area contributed by atoms with E-state index in [0.717, 1.165) is 28.9 Å². The predicted octanol–water partition coefficient (Wildman–Crippen LogP) is 1.56. The molecule has 19 heavy (non-hydrogen) atoms. The van der Waals surface area contributed by atoms with Gasteiger partial charge < -0.3 is 0 Å². The molecule has 0 saturated carbocycles. The van der Waals surface area contributed by atoms with Crippen LogP contribution in [-0.2, 0) is 6.42 Å². The van der Waals surface area contributed by atoms with E-state index in [2.05, 4.69) is 20.2 Å². The van der Waals surface area contributed by atoms with Crippen LogP contribution in [0.25, 0.3) is 16.9 Å². The van der Waals surface area contributed by atoms with Gasteiger partial charge in [0, 0.05) is 18.0 Å². The van der Waals surface area contributed by atoms with Crippen molar-refractivity contribution in [2.75, 3.05) is 0 Å². The highest BCUT2D eigenvalue weighted by Gasteiger charge is 2.09. The first kappa shape index (κ1) is 11.5. The Balaban J connectivity index is 2.20. The largest absolute Gasteiger partial charge is 0.294 e. The second-order valence-electron chi connectivity index (χ2n) is 4.09. The summed E-state index contributed by atoms with van der Waals surface area (Å²) in [6.45, 7) is 2.03. The van der Waals surface area contributed by atoms with Crippen LogP contribution in [0.3, 0.4) is 0 Å². The molecule has 3 rings (SSSR count). The molecule has 0 fully saturated rings. The van der Waals surface area contributed by atoms with Crippen molar-refractivity contribution < 1.29 is 4.79 Å². The number of fused-ring (bicyclic) bond motifs is 1. The zero-order valence-corrected chi connectivity index (χ0v) is 10.3. The molecular formula is C13H11N5O. The Hall–Kier alpha value is -2.63. The Bertz CT molecular complexity index is 750. The number of hydrogen-bond acceptors (Lipinski definition) is 5. The minimum absolute atomic E-state index is 0.191. The highest BCUT2D eigenvalue weighted by atomic mass is 16.1. The summed E-state index contributed by atoms with van der Waals surface area (Å²) in [6.07, 6.45) is 6.68. The molecule has 0 aromatic carbocycles. The number of aldehydes is 1. The van der Waals surface area contributed by atoms with Gasteiger partial charge in [0.15, 0.2) is 17.8 Å². The van der Waals surface area contributed by atoms with Gasteiger partial charge in [-0.3, -0.25) is 9.20 Å². The lowest BCUT2D eigenvalue weighted by Crippen LogP contribution is -2.00. The molecule has 6 heteroatoms. The Morgan fingerprint density at radius 3 is 3.05 bits per heavy atom. The topological polar surface area (TPSA) is 73.0 Å². The minimum atomic E-state index is 0.191. The minimum Gasteiger partial charge on any atom is -0.294 e. The Labute approximate surface area is 109 Å². The van der Waals surface area contributed by atoms with Crippen molar-refractivity contribution in [3.63, 3.8) is 0 Å². The van der Waals surface area contributed by atoms with Gasteiger partial charge in [0.2, 0.25) is 0 Å². The number of carbonyl (C=O) groups excluding carboxylic acids is 1. The number of aryl methyl sites for hydroxylation is 1. The van der Waals surface area contributed by atoms with E-state index in [1.807, 2.05) is 29.7 Å². The smallest absolute Gasteiger partial charge is 0.193 e. The average Bonchev–Trinajstić information content (AvgIpc) is 2.93. The molecule has 0 aliphatic heterocycles. The van der Waals surface area contributed by atoms with Crippen LogP contribution in [0.5, 0.6) is 0 Å². The molecule has 94 valence electrons. The van der Waals surface area contributed by atoms with Gasteiger partial charge in [0.25, 0.3) is 0 Å². The van der Waals surface area contributed by atoms with Crippen LogP contribution < -0.4 is 0 Å². The van der Waals surface area contributed by atoms with Gasteiger partial charge in [-0.05, 0) is 24.1 Å². The Kier molecular flexibility index (Phi) is 2.75. The molecule has 0 spiro atoms. The number of rotatable bonds is 3. The summed E-state index contributed by atoms with van der Waals surface area (Å²) >= 11 is 0. The van der Waals surface area contributed by atoms with E-state index in [1.54, 1.807) is 12.5 Å². The molecule has 0 amide bonds. The van der Waals surface area contributed by atoms with Crippen molar-refractivity contribution in [1.82, 2.24) is 24.6 Å². The molecule has 0 atom stereocenters. The lowest BCUT2D eigenvalue weighted by Gasteiger charge is -2.07. The molecule has 0 N–H and O–H groups in total. The number of hydrogen-bond donors (Lipinski definition) is 0. The van der Waals surface area contributed by atoms with E-state index in [9.17, 15) is 4.79 Å². The molecular weight excluding hydrogens is 242 g/mol. The van der Waals surface area contributed by atoms with Crippen LogP contribution in [0.1, 0.15) is 23.1 Å². The van der Waals surface area contributed by atoms with Crippen LogP contribution in [0, 0.1) is 0 Å². The number of aromatic nitrogens is 5. The van der Waals surface area contributed by atoms with Crippen molar-refractivity contribution in [2.45, 2.75) is 13.3 Å². The summed E-state index contributed by atoms with van der Waals surface area (Å²) in [6, 6.07) is 3.78. The second kappa shape index (κ2) is 4.56. The lowest BCUT2D eigenvalue weighted by atomic mass is 10.1. The van der Waals surface area contributed by atoms with Gasteiger partial charge in [0.1, 0.15) is 6.33 Å². The van der Waals surface area contributed by atoms with E-state index in [4.69, 9.17) is 0 Å². The van der Waals surface area contributed by atoms with Gasteiger partial charge >= 0.3 is 0 Å². The first-order chi connectivity index (χ1) is 9.31. The Morgan fingerprint density at radius 1 is 1.37 bits per heavy atom. The summed E-state index contributed by atoms with van der Waals surface area (Å²) in [4.78, 5) is 19.1. The molecule has 6 nitrogen and oxygen atoms in total. The van der Waals surface area contributed by atoms with E-state index in [1.165, 1.54) is 0 Å². The second-order valence-corrected chi connectivity index (χ2v) is 4.09. The highest BCUT2D eigenvalue weighted by Crippen LogP contribution is 2.21. The summed E-state index contributed by atoms with van der Waals surface area (Å²) in [5.41, 5.74) is 3.45. The molecule has 3 aromatic rings. The van der Waals surface area contributed by atoms with E-state index >= 15 is 0 Å². The number of nitrogens with zero attached hydrogens (tertiary/aromatic N) is 5. The highest BCUT2D eigenvalue weighted by molar-refractivity contribution is 5.72. The molecule has 0 aliphatic rings. The number of pyridine rings is 1. The quantitative estimate of drug-likeness (QED) is 0.662. The fourth-order valence-corrected chi connectivity index (χ4v) is 1.95. The van der Waals surface area contributed by atoms with Crippen molar-refractivity contribution in [1.29, 1.82) is 0 Å². The summed E-state index contributed by atoms with van der Waals surface area (Å²) in [5, 5.41) is 7.79. The zero-order valence-electron chi connectivity index (χ0n) is 10.3. The van der Waals surface area contributed by atoms with Gasteiger partial charge in [-0.25, -0.2) is 9.97 Å². The van der Waals surface area contributed by atoms with Crippen molar-refractivity contribution in [2.24, 2.45) is 0 Å². The molecule has 0 radical (unpaired) electrons. The third kappa shape index (κ3) is 1.97. The summed E-state index contributed by atoms with van der Waals surface area (Å²) < 4.78 is 1.82. The SMILES string of the molecule is CCc1cnc(C=O)nc1-c1ccc2nncn2c1. The molecule has 0 saturated heterocycles. The average molecular weight is 253 g/mol. The third-order valence-corrected chi connectivity index (χ3v) is 2.93. The van der Waals surface area contributed by atoms with Crippen LogP contribution in [0.4, 0.5) is 0 Å². The lowest BCUT2D eigenvalue weighted by molar-refractivity contribution is 0.111. The van der Waals surface area contributed by atoms with Gasteiger partial charge in [-0.15, -0.1) is 10.2 Å². The summed E-state index contributed by atoms with van der Waals surface area (Å²) in [7, 11) is 0. The normalized spacial score (nSPS) is 10.8. The maximum Gasteiger partial charge on any atom is 0.193 e. The van der Waals surface area contributed by atoms with Crippen molar-refractivity contribution in [3.8, 4) is 11.3 Å². The van der Waals surface area contributed by atoms with Gasteiger partial charge in [-0.2, -0.15) is 0 Å². The molecule has 0 bridgehead atoms. The monoisotopic (exact) mass is 253 g/mol. The van der Waals surface area contributed by atoms with Crippen LogP contribution in [-0.4, -0.2) is 30.9 Å². The first-order valence-corrected chi connectivity index (χ1v) is 5.92. The number of carbonyl (C=O) groups is 1. The molecule has 3 aromatic heterocycles. The van der Waals surface area contributed by atoms with E-state index in [-0.39, 0.29) is 5.82 Å². The molecule has 0 aliphatic carbocycles.